The van der Waals surface area contributed by atoms with Gasteiger partial charge in [0.25, 0.3) is 5.91 Å². The highest BCUT2D eigenvalue weighted by molar-refractivity contribution is 7.16. The normalized spacial score (nSPS) is 14.1. The average molecular weight is 607 g/mol. The van der Waals surface area contributed by atoms with Gasteiger partial charge in [0.05, 0.1) is 27.1 Å². The third-order valence-corrected chi connectivity index (χ3v) is 8.98. The predicted octanol–water partition coefficient (Wildman–Crippen LogP) is 7.83. The Labute approximate surface area is 262 Å². The molecule has 0 radical (unpaired) electrons. The van der Waals surface area contributed by atoms with Crippen molar-refractivity contribution in [3.05, 3.63) is 101 Å². The van der Waals surface area contributed by atoms with Gasteiger partial charge in [-0.05, 0) is 80.1 Å². The van der Waals surface area contributed by atoms with E-state index in [1.807, 2.05) is 84.1 Å². The minimum Gasteiger partial charge on any atom is -0.339 e. The van der Waals surface area contributed by atoms with Crippen LogP contribution in [0.2, 0.25) is 0 Å². The summed E-state index contributed by atoms with van der Waals surface area (Å²) in [5, 5.41) is 10.8. The van der Waals surface area contributed by atoms with Crippen LogP contribution in [0.3, 0.4) is 0 Å². The molecule has 1 aliphatic rings. The molecule has 3 aromatic carbocycles. The third-order valence-electron chi connectivity index (χ3n) is 8.19. The summed E-state index contributed by atoms with van der Waals surface area (Å²) in [4.78, 5) is 32.6. The number of aryl methyl sites for hydroxylation is 1. The second-order valence-corrected chi connectivity index (χ2v) is 13.6. The lowest BCUT2D eigenvalue weighted by Crippen LogP contribution is -2.38. The van der Waals surface area contributed by atoms with Gasteiger partial charge >= 0.3 is 6.03 Å². The van der Waals surface area contributed by atoms with Crippen LogP contribution >= 0.6 is 11.3 Å². The van der Waals surface area contributed by atoms with E-state index < -0.39 is 0 Å². The Bertz CT molecular complexity index is 1790. The summed E-state index contributed by atoms with van der Waals surface area (Å²) in [6.45, 7) is 9.86. The average Bonchev–Trinajstić information content (AvgIpc) is 3.65. The van der Waals surface area contributed by atoms with Crippen molar-refractivity contribution < 1.29 is 9.59 Å². The van der Waals surface area contributed by atoms with E-state index >= 15 is 0 Å². The van der Waals surface area contributed by atoms with Crippen molar-refractivity contribution in [2.75, 3.05) is 23.7 Å². The van der Waals surface area contributed by atoms with Crippen LogP contribution in [0.1, 0.15) is 60.8 Å². The summed E-state index contributed by atoms with van der Waals surface area (Å²) in [7, 11) is 0. The van der Waals surface area contributed by atoms with Gasteiger partial charge < -0.3 is 10.2 Å². The van der Waals surface area contributed by atoms with E-state index in [1.54, 1.807) is 16.0 Å². The number of benzene rings is 3. The summed E-state index contributed by atoms with van der Waals surface area (Å²) in [5.41, 5.74) is 8.15. The van der Waals surface area contributed by atoms with Crippen LogP contribution in [0, 0.1) is 12.8 Å². The standard InChI is InChI=1S/C35H38N6O2S/c1-23-8-11-28(12-9-23)41-32(21-31(39-41)35(2,3)4)38-34(43)37-27-7-5-6-25(19-27)18-24-14-16-40(17-15-24)33(42)26-10-13-29-30(20-26)44-22-36-29/h5-13,19-22,24H,14-18H2,1-4H3,(H2,37,38,43). The number of anilines is 2. The zero-order valence-corrected chi connectivity index (χ0v) is 26.4. The molecule has 6 rings (SSSR count). The number of piperidine rings is 1. The third kappa shape index (κ3) is 6.68. The van der Waals surface area contributed by atoms with Gasteiger partial charge in [-0.2, -0.15) is 5.10 Å². The Kier molecular flexibility index (Phi) is 8.23. The largest absolute Gasteiger partial charge is 0.339 e. The van der Waals surface area contributed by atoms with Crippen LogP contribution in [0.4, 0.5) is 16.3 Å². The maximum Gasteiger partial charge on any atom is 0.324 e. The molecule has 3 heterocycles. The Hall–Kier alpha value is -4.50. The first kappa shape index (κ1) is 29.6. The number of hydrogen-bond donors (Lipinski definition) is 2. The van der Waals surface area contributed by atoms with Gasteiger partial charge in [-0.1, -0.05) is 50.6 Å². The maximum atomic E-state index is 13.1. The van der Waals surface area contributed by atoms with E-state index in [9.17, 15) is 9.59 Å². The minimum absolute atomic E-state index is 0.0919. The first-order valence-electron chi connectivity index (χ1n) is 15.1. The first-order valence-corrected chi connectivity index (χ1v) is 16.0. The van der Waals surface area contributed by atoms with Crippen LogP contribution in [0.25, 0.3) is 15.9 Å². The van der Waals surface area contributed by atoms with Crippen molar-refractivity contribution in [3.8, 4) is 5.69 Å². The fourth-order valence-electron chi connectivity index (χ4n) is 5.62. The smallest absolute Gasteiger partial charge is 0.324 e. The lowest BCUT2D eigenvalue weighted by Gasteiger charge is -2.32. The number of carbonyl (C=O) groups excluding carboxylic acids is 2. The van der Waals surface area contributed by atoms with E-state index in [1.165, 1.54) is 5.56 Å². The molecule has 0 aliphatic carbocycles. The minimum atomic E-state index is -0.320. The van der Waals surface area contributed by atoms with Crippen molar-refractivity contribution in [1.82, 2.24) is 19.7 Å². The number of nitrogens with one attached hydrogen (secondary N) is 2. The molecule has 0 bridgehead atoms. The number of thiazole rings is 1. The van der Waals surface area contributed by atoms with Gasteiger partial charge in [0, 0.05) is 35.8 Å². The van der Waals surface area contributed by atoms with Gasteiger partial charge in [0.2, 0.25) is 0 Å². The van der Waals surface area contributed by atoms with Crippen molar-refractivity contribution in [2.24, 2.45) is 5.92 Å². The monoisotopic (exact) mass is 606 g/mol. The number of fused-ring (bicyclic) bond motifs is 1. The summed E-state index contributed by atoms with van der Waals surface area (Å²) in [6.07, 6.45) is 2.80. The summed E-state index contributed by atoms with van der Waals surface area (Å²) >= 11 is 1.56. The number of nitrogens with zero attached hydrogens (tertiary/aromatic N) is 4. The summed E-state index contributed by atoms with van der Waals surface area (Å²) in [6, 6.07) is 23.5. The van der Waals surface area contributed by atoms with Crippen molar-refractivity contribution in [2.45, 2.75) is 52.4 Å². The number of carbonyl (C=O) groups is 2. The van der Waals surface area contributed by atoms with Crippen LogP contribution in [0.5, 0.6) is 0 Å². The van der Waals surface area contributed by atoms with Crippen LogP contribution in [0.15, 0.2) is 78.3 Å². The van der Waals surface area contributed by atoms with Crippen molar-refractivity contribution >= 4 is 45.0 Å². The molecule has 5 aromatic rings. The highest BCUT2D eigenvalue weighted by Crippen LogP contribution is 2.28. The first-order chi connectivity index (χ1) is 21.1. The fraction of sp³-hybridized carbons (Fsp3) is 0.314. The van der Waals surface area contributed by atoms with E-state index in [0.717, 1.165) is 70.8 Å². The topological polar surface area (TPSA) is 92.2 Å². The fourth-order valence-corrected chi connectivity index (χ4v) is 6.33. The SMILES string of the molecule is Cc1ccc(-n2nc(C(C)(C)C)cc2NC(=O)Nc2cccc(CC3CCN(C(=O)c4ccc5ncsc5c4)CC3)c2)cc1. The Morgan fingerprint density at radius 2 is 1.73 bits per heavy atom. The van der Waals surface area contributed by atoms with E-state index in [2.05, 4.69) is 42.5 Å². The highest BCUT2D eigenvalue weighted by atomic mass is 32.1. The van der Waals surface area contributed by atoms with Crippen molar-refractivity contribution in [1.29, 1.82) is 0 Å². The molecule has 2 aromatic heterocycles. The number of urea groups is 1. The van der Waals surface area contributed by atoms with Gasteiger partial charge in [0.1, 0.15) is 5.82 Å². The quantitative estimate of drug-likeness (QED) is 0.206. The molecule has 44 heavy (non-hydrogen) atoms. The summed E-state index contributed by atoms with van der Waals surface area (Å²) < 4.78 is 2.82. The number of aromatic nitrogens is 3. The number of amides is 3. The van der Waals surface area contributed by atoms with E-state index in [0.29, 0.717) is 11.7 Å². The molecule has 0 saturated carbocycles. The Morgan fingerprint density at radius 3 is 2.48 bits per heavy atom. The highest BCUT2D eigenvalue weighted by Gasteiger charge is 2.25. The molecule has 8 nitrogen and oxygen atoms in total. The zero-order chi connectivity index (χ0) is 30.8. The number of hydrogen-bond acceptors (Lipinski definition) is 5. The van der Waals surface area contributed by atoms with Crippen LogP contribution in [-0.2, 0) is 11.8 Å². The maximum absolute atomic E-state index is 13.1. The van der Waals surface area contributed by atoms with Gasteiger partial charge in [-0.3, -0.25) is 10.1 Å². The van der Waals surface area contributed by atoms with Gasteiger partial charge in [0.15, 0.2) is 0 Å². The van der Waals surface area contributed by atoms with Crippen molar-refractivity contribution in [3.63, 3.8) is 0 Å². The molecule has 226 valence electrons. The molecule has 3 amide bonds. The number of rotatable bonds is 6. The summed E-state index contributed by atoms with van der Waals surface area (Å²) in [5.74, 6) is 1.18. The molecule has 0 atom stereocenters. The van der Waals surface area contributed by atoms with Gasteiger partial charge in [-0.15, -0.1) is 11.3 Å². The second-order valence-electron chi connectivity index (χ2n) is 12.7. The van der Waals surface area contributed by atoms with E-state index in [-0.39, 0.29) is 17.4 Å². The van der Waals surface area contributed by atoms with Crippen LogP contribution in [-0.4, -0.2) is 44.7 Å². The molecular formula is C35H38N6O2S. The lowest BCUT2D eigenvalue weighted by atomic mass is 9.90. The number of likely N-dealkylation sites (tertiary alicyclic amines) is 1. The van der Waals surface area contributed by atoms with Crippen LogP contribution < -0.4 is 10.6 Å². The zero-order valence-electron chi connectivity index (χ0n) is 25.6. The predicted molar refractivity (Wildman–Crippen MR) is 178 cm³/mol. The molecule has 1 aliphatic heterocycles. The molecule has 0 unspecified atom stereocenters. The molecular weight excluding hydrogens is 568 g/mol. The van der Waals surface area contributed by atoms with Gasteiger partial charge in [-0.25, -0.2) is 14.5 Å². The molecule has 2 N–H and O–H groups in total. The molecule has 0 spiro atoms. The molecule has 1 fully saturated rings. The molecule has 9 heteroatoms. The Morgan fingerprint density at radius 1 is 0.955 bits per heavy atom. The van der Waals surface area contributed by atoms with E-state index in [4.69, 9.17) is 5.10 Å². The Balaban J connectivity index is 1.07. The molecule has 1 saturated heterocycles. The second kappa shape index (κ2) is 12.2. The lowest BCUT2D eigenvalue weighted by molar-refractivity contribution is 0.0690.